The van der Waals surface area contributed by atoms with Crippen molar-refractivity contribution in [3.63, 3.8) is 0 Å². The van der Waals surface area contributed by atoms with Gasteiger partial charge in [0.25, 0.3) is 5.91 Å². The van der Waals surface area contributed by atoms with E-state index in [4.69, 9.17) is 16.1 Å². The molecule has 8 heteroatoms. The van der Waals surface area contributed by atoms with Gasteiger partial charge in [0.2, 0.25) is 5.91 Å². The van der Waals surface area contributed by atoms with Gasteiger partial charge >= 0.3 is 0 Å². The van der Waals surface area contributed by atoms with Gasteiger partial charge in [0, 0.05) is 41.4 Å². The topological polar surface area (TPSA) is 88.3 Å². The number of benzene rings is 1. The van der Waals surface area contributed by atoms with Gasteiger partial charge in [-0.2, -0.15) is 0 Å². The minimum absolute atomic E-state index is 0.143. The monoisotopic (exact) mass is 396 g/mol. The molecule has 0 aliphatic carbocycles. The zero-order valence-electron chi connectivity index (χ0n) is 15.1. The minimum atomic E-state index is -0.239. The van der Waals surface area contributed by atoms with E-state index in [-0.39, 0.29) is 11.8 Å². The van der Waals surface area contributed by atoms with Crippen LogP contribution in [0.15, 0.2) is 47.1 Å². The van der Waals surface area contributed by atoms with E-state index in [0.717, 1.165) is 22.6 Å². The SMILES string of the molecule is CC(=O)Nc1cc(C(=O)N2CCc3c(noc3-c3ccc(Cl)cc3)C2)ccn1. The molecule has 1 aliphatic rings. The molecule has 142 valence electrons. The number of hydrogen-bond donors (Lipinski definition) is 1. The Morgan fingerprint density at radius 3 is 2.75 bits per heavy atom. The number of hydrogen-bond acceptors (Lipinski definition) is 5. The summed E-state index contributed by atoms with van der Waals surface area (Å²) in [7, 11) is 0. The normalized spacial score (nSPS) is 13.1. The van der Waals surface area contributed by atoms with Crippen LogP contribution in [-0.2, 0) is 17.8 Å². The first-order valence-electron chi connectivity index (χ1n) is 8.77. The molecular formula is C20H17ClN4O3. The lowest BCUT2D eigenvalue weighted by molar-refractivity contribution is -0.114. The lowest BCUT2D eigenvalue weighted by atomic mass is 10.00. The Morgan fingerprint density at radius 1 is 1.21 bits per heavy atom. The van der Waals surface area contributed by atoms with Gasteiger partial charge < -0.3 is 14.7 Å². The number of nitrogens with one attached hydrogen (secondary N) is 1. The molecule has 0 atom stereocenters. The second-order valence-corrected chi connectivity index (χ2v) is 6.97. The molecule has 0 spiro atoms. The number of fused-ring (bicyclic) bond motifs is 1. The third kappa shape index (κ3) is 3.61. The van der Waals surface area contributed by atoms with Crippen LogP contribution >= 0.6 is 11.6 Å². The number of amides is 2. The van der Waals surface area contributed by atoms with Crippen molar-refractivity contribution in [2.75, 3.05) is 11.9 Å². The molecule has 1 aromatic carbocycles. The Hall–Kier alpha value is -3.19. The minimum Gasteiger partial charge on any atom is -0.356 e. The molecule has 7 nitrogen and oxygen atoms in total. The van der Waals surface area contributed by atoms with Crippen molar-refractivity contribution in [2.45, 2.75) is 19.9 Å². The van der Waals surface area contributed by atoms with Crippen molar-refractivity contribution in [2.24, 2.45) is 0 Å². The maximum Gasteiger partial charge on any atom is 0.254 e. The molecule has 0 saturated carbocycles. The van der Waals surface area contributed by atoms with Crippen molar-refractivity contribution in [1.82, 2.24) is 15.0 Å². The summed E-state index contributed by atoms with van der Waals surface area (Å²) in [6.07, 6.45) is 2.15. The van der Waals surface area contributed by atoms with E-state index in [9.17, 15) is 9.59 Å². The number of halogens is 1. The van der Waals surface area contributed by atoms with E-state index in [1.165, 1.54) is 13.1 Å². The highest BCUT2D eigenvalue weighted by Crippen LogP contribution is 2.31. The van der Waals surface area contributed by atoms with Gasteiger partial charge in [-0.3, -0.25) is 9.59 Å². The van der Waals surface area contributed by atoms with E-state index < -0.39 is 0 Å². The molecule has 1 aliphatic heterocycles. The van der Waals surface area contributed by atoms with Crippen LogP contribution in [0, 0.1) is 0 Å². The van der Waals surface area contributed by atoms with Crippen LogP contribution in [0.5, 0.6) is 0 Å². The number of rotatable bonds is 3. The van der Waals surface area contributed by atoms with Gasteiger partial charge in [-0.25, -0.2) is 4.98 Å². The van der Waals surface area contributed by atoms with Crippen LogP contribution in [0.2, 0.25) is 5.02 Å². The quantitative estimate of drug-likeness (QED) is 0.731. The zero-order valence-corrected chi connectivity index (χ0v) is 15.9. The molecule has 2 aromatic heterocycles. The summed E-state index contributed by atoms with van der Waals surface area (Å²) in [4.78, 5) is 29.8. The van der Waals surface area contributed by atoms with Gasteiger partial charge in [-0.15, -0.1) is 0 Å². The van der Waals surface area contributed by atoms with Gasteiger partial charge in [-0.05, 0) is 42.8 Å². The highest BCUT2D eigenvalue weighted by molar-refractivity contribution is 6.30. The highest BCUT2D eigenvalue weighted by atomic mass is 35.5. The maximum absolute atomic E-state index is 12.9. The van der Waals surface area contributed by atoms with Crippen LogP contribution in [0.4, 0.5) is 5.82 Å². The highest BCUT2D eigenvalue weighted by Gasteiger charge is 2.28. The fourth-order valence-corrected chi connectivity index (χ4v) is 3.35. The molecule has 0 radical (unpaired) electrons. The van der Waals surface area contributed by atoms with Crippen LogP contribution in [0.3, 0.4) is 0 Å². The number of carbonyl (C=O) groups excluding carboxylic acids is 2. The van der Waals surface area contributed by atoms with Crippen LogP contribution in [0.25, 0.3) is 11.3 Å². The van der Waals surface area contributed by atoms with Gasteiger partial charge in [0.1, 0.15) is 11.5 Å². The van der Waals surface area contributed by atoms with Gasteiger partial charge in [0.15, 0.2) is 5.76 Å². The Bertz CT molecular complexity index is 1050. The van der Waals surface area contributed by atoms with Crippen LogP contribution in [-0.4, -0.2) is 33.4 Å². The van der Waals surface area contributed by atoms with E-state index in [1.54, 1.807) is 29.2 Å². The molecule has 0 fully saturated rings. The molecule has 4 rings (SSSR count). The Kier molecular flexibility index (Phi) is 4.83. The maximum atomic E-state index is 12.9. The van der Waals surface area contributed by atoms with Crippen LogP contribution in [0.1, 0.15) is 28.5 Å². The summed E-state index contributed by atoms with van der Waals surface area (Å²) in [5, 5.41) is 7.41. The first kappa shape index (κ1) is 18.2. The van der Waals surface area contributed by atoms with E-state index in [0.29, 0.717) is 35.9 Å². The molecule has 0 unspecified atom stereocenters. The van der Waals surface area contributed by atoms with E-state index in [2.05, 4.69) is 15.5 Å². The number of anilines is 1. The largest absolute Gasteiger partial charge is 0.356 e. The fourth-order valence-electron chi connectivity index (χ4n) is 3.23. The van der Waals surface area contributed by atoms with Crippen LogP contribution < -0.4 is 5.32 Å². The van der Waals surface area contributed by atoms with Crippen molar-refractivity contribution < 1.29 is 14.1 Å². The van der Waals surface area contributed by atoms with Crippen molar-refractivity contribution in [3.8, 4) is 11.3 Å². The number of aromatic nitrogens is 2. The fraction of sp³-hybridized carbons (Fsp3) is 0.200. The lowest BCUT2D eigenvalue weighted by Gasteiger charge is -2.26. The number of pyridine rings is 1. The molecule has 28 heavy (non-hydrogen) atoms. The smallest absolute Gasteiger partial charge is 0.254 e. The lowest BCUT2D eigenvalue weighted by Crippen LogP contribution is -2.36. The van der Waals surface area contributed by atoms with E-state index in [1.807, 2.05) is 12.1 Å². The van der Waals surface area contributed by atoms with Crippen molar-refractivity contribution in [3.05, 3.63) is 64.4 Å². The average Bonchev–Trinajstić information content (AvgIpc) is 3.11. The summed E-state index contributed by atoms with van der Waals surface area (Å²) in [5.41, 5.74) is 3.14. The summed E-state index contributed by atoms with van der Waals surface area (Å²) in [6.45, 7) is 2.31. The number of carbonyl (C=O) groups is 2. The summed E-state index contributed by atoms with van der Waals surface area (Å²) in [5.74, 6) is 0.686. The van der Waals surface area contributed by atoms with Crippen molar-refractivity contribution in [1.29, 1.82) is 0 Å². The average molecular weight is 397 g/mol. The third-order valence-corrected chi connectivity index (χ3v) is 4.80. The molecule has 0 bridgehead atoms. The van der Waals surface area contributed by atoms with Gasteiger partial charge in [0.05, 0.1) is 6.54 Å². The Labute approximate surface area is 166 Å². The summed E-state index contributed by atoms with van der Waals surface area (Å²) >= 11 is 5.95. The molecule has 0 saturated heterocycles. The molecule has 2 amide bonds. The third-order valence-electron chi connectivity index (χ3n) is 4.55. The zero-order chi connectivity index (χ0) is 19.7. The first-order chi connectivity index (χ1) is 13.5. The molecule has 1 N–H and O–H groups in total. The second kappa shape index (κ2) is 7.44. The van der Waals surface area contributed by atoms with E-state index >= 15 is 0 Å². The molecule has 3 heterocycles. The number of nitrogens with zero attached hydrogens (tertiary/aromatic N) is 3. The standard InChI is InChI=1S/C20H17ClN4O3/c1-12(26)23-18-10-14(6-8-22-18)20(27)25-9-7-16-17(11-25)24-28-19(16)13-2-4-15(21)5-3-13/h2-6,8,10H,7,9,11H2,1H3,(H,22,23,26). The summed E-state index contributed by atoms with van der Waals surface area (Å²) in [6, 6.07) is 10.6. The Balaban J connectivity index is 1.54. The first-order valence-corrected chi connectivity index (χ1v) is 9.15. The molecular weight excluding hydrogens is 380 g/mol. The second-order valence-electron chi connectivity index (χ2n) is 6.53. The summed E-state index contributed by atoms with van der Waals surface area (Å²) < 4.78 is 5.55. The van der Waals surface area contributed by atoms with Crippen molar-refractivity contribution >= 4 is 29.2 Å². The Morgan fingerprint density at radius 2 is 2.00 bits per heavy atom. The van der Waals surface area contributed by atoms with Gasteiger partial charge in [-0.1, -0.05) is 16.8 Å². The predicted molar refractivity (Wildman–Crippen MR) is 104 cm³/mol. The molecule has 3 aromatic rings. The predicted octanol–water partition coefficient (Wildman–Crippen LogP) is 3.55.